The highest BCUT2D eigenvalue weighted by Crippen LogP contribution is 2.17. The number of rotatable bonds is 10. The van der Waals surface area contributed by atoms with Gasteiger partial charge in [0.05, 0.1) is 0 Å². The monoisotopic (exact) mass is 323 g/mol. The Bertz CT molecular complexity index is 345. The molecule has 0 spiro atoms. The Balaban J connectivity index is 2.45. The molecular formula is C18H37N5. The summed E-state index contributed by atoms with van der Waals surface area (Å²) < 4.78 is 0. The molecule has 0 bridgehead atoms. The highest BCUT2D eigenvalue weighted by Gasteiger charge is 2.17. The highest BCUT2D eigenvalue weighted by molar-refractivity contribution is 5.78. The molecule has 0 saturated heterocycles. The third-order valence-corrected chi connectivity index (χ3v) is 4.11. The molecule has 1 fully saturated rings. The summed E-state index contributed by atoms with van der Waals surface area (Å²) >= 11 is 0. The summed E-state index contributed by atoms with van der Waals surface area (Å²) in [5.74, 6) is 0.926. The summed E-state index contributed by atoms with van der Waals surface area (Å²) in [5.41, 5.74) is 6.03. The summed E-state index contributed by atoms with van der Waals surface area (Å²) in [6.45, 7) is 7.27. The molecule has 1 saturated carbocycles. The SMILES string of the molecule is CCCCCCN=C(N)NC(/N=C/C(C)C)NC1CCCCC1. The average molecular weight is 324 g/mol. The zero-order chi connectivity index (χ0) is 16.9. The van der Waals surface area contributed by atoms with Crippen LogP contribution in [0.15, 0.2) is 9.98 Å². The molecule has 5 heteroatoms. The lowest BCUT2D eigenvalue weighted by Crippen LogP contribution is -2.51. The molecule has 0 amide bonds. The van der Waals surface area contributed by atoms with Crippen LogP contribution in [-0.2, 0) is 0 Å². The molecule has 1 aliphatic rings. The molecule has 0 radical (unpaired) electrons. The Labute approximate surface area is 142 Å². The van der Waals surface area contributed by atoms with E-state index in [4.69, 9.17) is 5.73 Å². The van der Waals surface area contributed by atoms with Gasteiger partial charge in [-0.25, -0.2) is 0 Å². The van der Waals surface area contributed by atoms with Crippen molar-refractivity contribution in [1.29, 1.82) is 0 Å². The van der Waals surface area contributed by atoms with Crippen molar-refractivity contribution >= 4 is 12.2 Å². The van der Waals surface area contributed by atoms with E-state index in [1.165, 1.54) is 51.4 Å². The maximum atomic E-state index is 6.03. The third kappa shape index (κ3) is 10.3. The summed E-state index contributed by atoms with van der Waals surface area (Å²) in [4.78, 5) is 9.03. The first-order valence-electron chi connectivity index (χ1n) is 9.47. The smallest absolute Gasteiger partial charge is 0.191 e. The summed E-state index contributed by atoms with van der Waals surface area (Å²) in [6.07, 6.45) is 13.1. The molecule has 4 N–H and O–H groups in total. The molecular weight excluding hydrogens is 286 g/mol. The van der Waals surface area contributed by atoms with E-state index in [2.05, 4.69) is 41.4 Å². The molecule has 0 aromatic carbocycles. The lowest BCUT2D eigenvalue weighted by atomic mass is 9.95. The second-order valence-electron chi connectivity index (χ2n) is 6.92. The number of nitrogens with two attached hydrogens (primary N) is 1. The van der Waals surface area contributed by atoms with E-state index in [0.717, 1.165) is 13.0 Å². The zero-order valence-corrected chi connectivity index (χ0v) is 15.4. The number of hydrogen-bond donors (Lipinski definition) is 3. The van der Waals surface area contributed by atoms with Crippen molar-refractivity contribution in [2.24, 2.45) is 21.6 Å². The van der Waals surface area contributed by atoms with Crippen LogP contribution in [-0.4, -0.2) is 31.1 Å². The Morgan fingerprint density at radius 2 is 1.91 bits per heavy atom. The van der Waals surface area contributed by atoms with E-state index in [-0.39, 0.29) is 6.29 Å². The first-order chi connectivity index (χ1) is 11.1. The molecule has 1 aliphatic carbocycles. The molecule has 0 heterocycles. The van der Waals surface area contributed by atoms with Crippen LogP contribution >= 0.6 is 0 Å². The van der Waals surface area contributed by atoms with Crippen molar-refractivity contribution in [2.45, 2.75) is 90.9 Å². The standard InChI is InChI=1S/C18H37N5/c1-4-5-6-10-13-20-17(19)23-18(21-14-15(2)3)22-16-11-8-7-9-12-16/h14-16,18,22H,4-13H2,1-3H3,(H3,19,20,23)/b21-14+. The molecule has 1 rings (SSSR count). The maximum Gasteiger partial charge on any atom is 0.191 e. The van der Waals surface area contributed by atoms with Crippen molar-refractivity contribution in [2.75, 3.05) is 6.54 Å². The van der Waals surface area contributed by atoms with Gasteiger partial charge in [-0.1, -0.05) is 59.3 Å². The van der Waals surface area contributed by atoms with Gasteiger partial charge in [-0.2, -0.15) is 0 Å². The van der Waals surface area contributed by atoms with Crippen molar-refractivity contribution in [3.63, 3.8) is 0 Å². The van der Waals surface area contributed by atoms with Gasteiger partial charge in [0.25, 0.3) is 0 Å². The first-order valence-corrected chi connectivity index (χ1v) is 9.47. The average Bonchev–Trinajstić information content (AvgIpc) is 2.53. The van der Waals surface area contributed by atoms with Gasteiger partial charge in [0.2, 0.25) is 0 Å². The van der Waals surface area contributed by atoms with Crippen LogP contribution in [0.4, 0.5) is 0 Å². The van der Waals surface area contributed by atoms with Crippen LogP contribution in [0.3, 0.4) is 0 Å². The fourth-order valence-electron chi connectivity index (χ4n) is 2.80. The topological polar surface area (TPSA) is 74.8 Å². The van der Waals surface area contributed by atoms with Crippen LogP contribution in [0.5, 0.6) is 0 Å². The van der Waals surface area contributed by atoms with E-state index < -0.39 is 0 Å². The number of aliphatic imine (C=N–C) groups is 2. The van der Waals surface area contributed by atoms with Gasteiger partial charge < -0.3 is 11.1 Å². The van der Waals surface area contributed by atoms with Crippen molar-refractivity contribution < 1.29 is 0 Å². The second kappa shape index (κ2) is 12.3. The minimum absolute atomic E-state index is 0.167. The Kier molecular flexibility index (Phi) is 10.7. The summed E-state index contributed by atoms with van der Waals surface area (Å²) in [6, 6.07) is 0.530. The second-order valence-corrected chi connectivity index (χ2v) is 6.92. The quantitative estimate of drug-likeness (QED) is 0.250. The molecule has 134 valence electrons. The minimum atomic E-state index is -0.167. The number of nitrogens with one attached hydrogen (secondary N) is 2. The number of hydrogen-bond acceptors (Lipinski definition) is 3. The van der Waals surface area contributed by atoms with Gasteiger partial charge in [-0.15, -0.1) is 0 Å². The number of unbranched alkanes of at least 4 members (excludes halogenated alkanes) is 3. The van der Waals surface area contributed by atoms with Crippen LogP contribution in [0.2, 0.25) is 0 Å². The molecule has 0 aromatic heterocycles. The summed E-state index contributed by atoms with van der Waals surface area (Å²) in [7, 11) is 0. The Morgan fingerprint density at radius 1 is 1.17 bits per heavy atom. The first kappa shape index (κ1) is 19.9. The van der Waals surface area contributed by atoms with Crippen LogP contribution < -0.4 is 16.4 Å². The molecule has 1 unspecified atom stereocenters. The number of nitrogens with zero attached hydrogens (tertiary/aromatic N) is 2. The van der Waals surface area contributed by atoms with Crippen LogP contribution in [0.1, 0.15) is 78.6 Å². The molecule has 1 atom stereocenters. The lowest BCUT2D eigenvalue weighted by molar-refractivity contribution is 0.330. The Morgan fingerprint density at radius 3 is 2.57 bits per heavy atom. The molecule has 23 heavy (non-hydrogen) atoms. The number of guanidine groups is 1. The largest absolute Gasteiger partial charge is 0.370 e. The highest BCUT2D eigenvalue weighted by atomic mass is 15.3. The molecule has 0 aromatic rings. The normalized spacial score (nSPS) is 18.7. The van der Waals surface area contributed by atoms with Crippen LogP contribution in [0, 0.1) is 5.92 Å². The maximum absolute atomic E-state index is 6.03. The molecule has 0 aliphatic heterocycles. The van der Waals surface area contributed by atoms with Crippen molar-refractivity contribution in [1.82, 2.24) is 10.6 Å². The Hall–Kier alpha value is -1.10. The predicted octanol–water partition coefficient (Wildman–Crippen LogP) is 3.40. The fraction of sp³-hybridized carbons (Fsp3) is 0.889. The zero-order valence-electron chi connectivity index (χ0n) is 15.4. The molecule has 5 nitrogen and oxygen atoms in total. The van der Waals surface area contributed by atoms with E-state index in [1.54, 1.807) is 0 Å². The van der Waals surface area contributed by atoms with E-state index in [0.29, 0.717) is 17.9 Å². The van der Waals surface area contributed by atoms with Gasteiger partial charge in [0.1, 0.15) is 0 Å². The minimum Gasteiger partial charge on any atom is -0.370 e. The lowest BCUT2D eigenvalue weighted by Gasteiger charge is -2.27. The van der Waals surface area contributed by atoms with Gasteiger partial charge in [-0.05, 0) is 25.2 Å². The van der Waals surface area contributed by atoms with Crippen LogP contribution in [0.25, 0.3) is 0 Å². The van der Waals surface area contributed by atoms with Gasteiger partial charge >= 0.3 is 0 Å². The van der Waals surface area contributed by atoms with E-state index >= 15 is 0 Å². The van der Waals surface area contributed by atoms with Gasteiger partial charge in [0, 0.05) is 18.8 Å². The van der Waals surface area contributed by atoms with Crippen molar-refractivity contribution in [3.8, 4) is 0 Å². The van der Waals surface area contributed by atoms with Gasteiger partial charge in [-0.3, -0.25) is 15.3 Å². The van der Waals surface area contributed by atoms with Gasteiger partial charge in [0.15, 0.2) is 12.2 Å². The van der Waals surface area contributed by atoms with Crippen molar-refractivity contribution in [3.05, 3.63) is 0 Å². The summed E-state index contributed by atoms with van der Waals surface area (Å²) in [5, 5.41) is 6.81. The predicted molar refractivity (Wildman–Crippen MR) is 101 cm³/mol. The third-order valence-electron chi connectivity index (χ3n) is 4.11. The van der Waals surface area contributed by atoms with E-state index in [1.807, 2.05) is 6.21 Å². The van der Waals surface area contributed by atoms with E-state index in [9.17, 15) is 0 Å². The fourth-order valence-corrected chi connectivity index (χ4v) is 2.80.